The normalized spacial score (nSPS) is 10.9. The number of anilines is 1. The van der Waals surface area contributed by atoms with Gasteiger partial charge in [-0.15, -0.1) is 0 Å². The largest absolute Gasteiger partial charge is 0.497 e. The number of hydrogen-bond donors (Lipinski definition) is 1. The van der Waals surface area contributed by atoms with Crippen molar-refractivity contribution in [3.8, 4) is 5.75 Å². The maximum Gasteiger partial charge on any atom is 0.259 e. The fraction of sp³-hybridized carbons (Fsp3) is 0.0435. The fourth-order valence-corrected chi connectivity index (χ4v) is 2.57. The number of amides is 1. The van der Waals surface area contributed by atoms with Crippen LogP contribution in [0.1, 0.15) is 15.9 Å². The summed E-state index contributed by atoms with van der Waals surface area (Å²) < 4.78 is 5.15. The summed E-state index contributed by atoms with van der Waals surface area (Å²) in [5.74, 6) is -0.0810. The van der Waals surface area contributed by atoms with Gasteiger partial charge in [0.05, 0.1) is 12.7 Å². The van der Waals surface area contributed by atoms with E-state index in [4.69, 9.17) is 4.74 Å². The van der Waals surface area contributed by atoms with Crippen LogP contribution in [0.2, 0.25) is 0 Å². The van der Waals surface area contributed by atoms with E-state index in [0.717, 1.165) is 5.56 Å². The number of para-hydroxylation sites is 1. The first-order valence-corrected chi connectivity index (χ1v) is 8.49. The van der Waals surface area contributed by atoms with Gasteiger partial charge in [0.15, 0.2) is 5.78 Å². The van der Waals surface area contributed by atoms with E-state index in [9.17, 15) is 9.59 Å². The molecule has 0 unspecified atom stereocenters. The van der Waals surface area contributed by atoms with Crippen molar-refractivity contribution in [3.63, 3.8) is 0 Å². The highest BCUT2D eigenvalue weighted by atomic mass is 16.5. The molecule has 4 nitrogen and oxygen atoms in total. The van der Waals surface area contributed by atoms with Crippen LogP contribution < -0.4 is 10.1 Å². The number of rotatable bonds is 6. The van der Waals surface area contributed by atoms with Gasteiger partial charge in [0.1, 0.15) is 5.75 Å². The Kier molecular flexibility index (Phi) is 5.80. The summed E-state index contributed by atoms with van der Waals surface area (Å²) in [5.41, 5.74) is 1.89. The molecule has 0 saturated carbocycles. The zero-order valence-corrected chi connectivity index (χ0v) is 14.9. The number of ketones is 1. The van der Waals surface area contributed by atoms with Crippen molar-refractivity contribution < 1.29 is 14.3 Å². The molecule has 0 atom stereocenters. The van der Waals surface area contributed by atoms with E-state index < -0.39 is 5.91 Å². The molecule has 3 aromatic rings. The van der Waals surface area contributed by atoms with Gasteiger partial charge in [-0.2, -0.15) is 0 Å². The summed E-state index contributed by atoms with van der Waals surface area (Å²) in [7, 11) is 1.59. The van der Waals surface area contributed by atoms with Gasteiger partial charge in [0.2, 0.25) is 0 Å². The van der Waals surface area contributed by atoms with Crippen molar-refractivity contribution in [2.75, 3.05) is 12.4 Å². The van der Waals surface area contributed by atoms with E-state index in [1.165, 1.54) is 0 Å². The zero-order chi connectivity index (χ0) is 19.1. The number of carbonyl (C=O) groups is 2. The molecule has 134 valence electrons. The molecular formula is C23H19NO3. The summed E-state index contributed by atoms with van der Waals surface area (Å²) >= 11 is 0. The highest BCUT2D eigenvalue weighted by Gasteiger charge is 2.20. The number of nitrogens with one attached hydrogen (secondary N) is 1. The summed E-state index contributed by atoms with van der Waals surface area (Å²) in [6, 6.07) is 25.0. The first-order valence-electron chi connectivity index (χ1n) is 8.49. The Bertz CT molecular complexity index is 946. The number of ether oxygens (including phenoxy) is 1. The van der Waals surface area contributed by atoms with Crippen molar-refractivity contribution in [1.82, 2.24) is 0 Å². The van der Waals surface area contributed by atoms with E-state index in [-0.39, 0.29) is 11.4 Å². The molecule has 0 fully saturated rings. The summed E-state index contributed by atoms with van der Waals surface area (Å²) in [6.45, 7) is 0. The van der Waals surface area contributed by atoms with Crippen LogP contribution in [0.5, 0.6) is 5.75 Å². The smallest absolute Gasteiger partial charge is 0.259 e. The SMILES string of the molecule is COc1ccc(/C=C(/C(=O)Nc2ccccc2)C(=O)c2ccccc2)cc1. The standard InChI is InChI=1S/C23H19NO3/c1-27-20-14-12-17(13-15-20)16-21(22(25)18-8-4-2-5-9-18)23(26)24-19-10-6-3-7-11-19/h2-16H,1H3,(H,24,26)/b21-16+. The van der Waals surface area contributed by atoms with Gasteiger partial charge in [-0.3, -0.25) is 9.59 Å². The molecule has 0 radical (unpaired) electrons. The van der Waals surface area contributed by atoms with Crippen LogP contribution >= 0.6 is 0 Å². The van der Waals surface area contributed by atoms with Gasteiger partial charge in [-0.25, -0.2) is 0 Å². The van der Waals surface area contributed by atoms with Gasteiger partial charge >= 0.3 is 0 Å². The second kappa shape index (κ2) is 8.63. The molecule has 0 bridgehead atoms. The molecule has 0 heterocycles. The lowest BCUT2D eigenvalue weighted by Gasteiger charge is -2.09. The van der Waals surface area contributed by atoms with Gasteiger partial charge in [-0.1, -0.05) is 60.7 Å². The van der Waals surface area contributed by atoms with Gasteiger partial charge in [0.25, 0.3) is 5.91 Å². The second-order valence-corrected chi connectivity index (χ2v) is 5.85. The van der Waals surface area contributed by atoms with Gasteiger partial charge < -0.3 is 10.1 Å². The molecule has 0 aromatic heterocycles. The number of methoxy groups -OCH3 is 1. The third-order valence-corrected chi connectivity index (χ3v) is 3.98. The number of Topliss-reactive ketones (excluding diaryl/α,β-unsaturated/α-hetero) is 1. The maximum atomic E-state index is 13.0. The van der Waals surface area contributed by atoms with E-state index in [2.05, 4.69) is 5.32 Å². The van der Waals surface area contributed by atoms with Crippen molar-refractivity contribution >= 4 is 23.5 Å². The molecule has 27 heavy (non-hydrogen) atoms. The molecule has 3 rings (SSSR count). The molecule has 0 saturated heterocycles. The highest BCUT2D eigenvalue weighted by molar-refractivity contribution is 6.31. The Labute approximate surface area is 158 Å². The number of benzene rings is 3. The average molecular weight is 357 g/mol. The summed E-state index contributed by atoms with van der Waals surface area (Å²) in [5, 5.41) is 2.78. The van der Waals surface area contributed by atoms with Crippen LogP contribution in [-0.2, 0) is 4.79 Å². The Hall–Kier alpha value is -3.66. The van der Waals surface area contributed by atoms with Crippen LogP contribution in [0.25, 0.3) is 6.08 Å². The summed E-state index contributed by atoms with van der Waals surface area (Å²) in [4.78, 5) is 25.8. The number of hydrogen-bond acceptors (Lipinski definition) is 3. The molecule has 3 aromatic carbocycles. The predicted octanol–water partition coefficient (Wildman–Crippen LogP) is 4.60. The fourth-order valence-electron chi connectivity index (χ4n) is 2.57. The zero-order valence-electron chi connectivity index (χ0n) is 14.9. The third kappa shape index (κ3) is 4.70. The lowest BCUT2D eigenvalue weighted by molar-refractivity contribution is -0.112. The molecule has 4 heteroatoms. The summed E-state index contributed by atoms with van der Waals surface area (Å²) in [6.07, 6.45) is 1.59. The van der Waals surface area contributed by atoms with Gasteiger partial charge in [0, 0.05) is 11.3 Å². The minimum Gasteiger partial charge on any atom is -0.497 e. The van der Waals surface area contributed by atoms with Crippen molar-refractivity contribution in [1.29, 1.82) is 0 Å². The molecule has 1 amide bonds. The van der Waals surface area contributed by atoms with Crippen molar-refractivity contribution in [2.24, 2.45) is 0 Å². The Morgan fingerprint density at radius 2 is 1.41 bits per heavy atom. The molecule has 1 N–H and O–H groups in total. The Morgan fingerprint density at radius 3 is 2.00 bits per heavy atom. The van der Waals surface area contributed by atoms with Crippen LogP contribution in [0, 0.1) is 0 Å². The highest BCUT2D eigenvalue weighted by Crippen LogP contribution is 2.18. The van der Waals surface area contributed by atoms with E-state index >= 15 is 0 Å². The lowest BCUT2D eigenvalue weighted by atomic mass is 10.00. The molecule has 0 aliphatic heterocycles. The molecule has 0 aliphatic rings. The minimum absolute atomic E-state index is 0.0650. The number of carbonyl (C=O) groups excluding carboxylic acids is 2. The minimum atomic E-state index is -0.453. The van der Waals surface area contributed by atoms with E-state index in [1.54, 1.807) is 73.8 Å². The first kappa shape index (κ1) is 18.1. The van der Waals surface area contributed by atoms with Crippen molar-refractivity contribution in [2.45, 2.75) is 0 Å². The topological polar surface area (TPSA) is 55.4 Å². The van der Waals surface area contributed by atoms with Crippen molar-refractivity contribution in [3.05, 3.63) is 102 Å². The Morgan fingerprint density at radius 1 is 0.815 bits per heavy atom. The third-order valence-electron chi connectivity index (χ3n) is 3.98. The quantitative estimate of drug-likeness (QED) is 0.304. The predicted molar refractivity (Wildman–Crippen MR) is 107 cm³/mol. The second-order valence-electron chi connectivity index (χ2n) is 5.85. The van der Waals surface area contributed by atoms with Gasteiger partial charge in [-0.05, 0) is 35.9 Å². The monoisotopic (exact) mass is 357 g/mol. The van der Waals surface area contributed by atoms with Crippen LogP contribution in [0.15, 0.2) is 90.5 Å². The maximum absolute atomic E-state index is 13.0. The molecule has 0 spiro atoms. The average Bonchev–Trinajstić information content (AvgIpc) is 2.73. The van der Waals surface area contributed by atoms with Crippen LogP contribution in [0.3, 0.4) is 0 Å². The lowest BCUT2D eigenvalue weighted by Crippen LogP contribution is -2.20. The van der Waals surface area contributed by atoms with E-state index in [1.807, 2.05) is 24.3 Å². The molecular weight excluding hydrogens is 338 g/mol. The Balaban J connectivity index is 1.95. The molecule has 0 aliphatic carbocycles. The first-order chi connectivity index (χ1) is 13.2. The van der Waals surface area contributed by atoms with Crippen LogP contribution in [-0.4, -0.2) is 18.8 Å². The van der Waals surface area contributed by atoms with E-state index in [0.29, 0.717) is 17.0 Å². The van der Waals surface area contributed by atoms with Crippen LogP contribution in [0.4, 0.5) is 5.69 Å².